The summed E-state index contributed by atoms with van der Waals surface area (Å²) in [5, 5.41) is 8.64. The fraction of sp³-hybridized carbons (Fsp3) is 0.846. The summed E-state index contributed by atoms with van der Waals surface area (Å²) < 4.78 is 0. The number of carbonyl (C=O) groups excluding carboxylic acids is 2. The van der Waals surface area contributed by atoms with Crippen LogP contribution in [0.2, 0.25) is 0 Å². The molecule has 0 heterocycles. The summed E-state index contributed by atoms with van der Waals surface area (Å²) in [6, 6.07) is 0.436. The first-order chi connectivity index (χ1) is 8.20. The molecule has 0 fully saturated rings. The van der Waals surface area contributed by atoms with Crippen molar-refractivity contribution in [2.24, 2.45) is 0 Å². The van der Waals surface area contributed by atoms with Crippen molar-refractivity contribution in [2.45, 2.75) is 59.0 Å². The molecule has 0 aromatic heterocycles. The highest BCUT2D eigenvalue weighted by Crippen LogP contribution is 1.97. The molecule has 2 amide bonds. The van der Waals surface area contributed by atoms with Crippen molar-refractivity contribution in [1.82, 2.24) is 16.0 Å². The van der Waals surface area contributed by atoms with Crippen LogP contribution in [0.15, 0.2) is 0 Å². The second-order valence-electron chi connectivity index (χ2n) is 5.79. The minimum absolute atomic E-state index is 0.0493. The maximum Gasteiger partial charge on any atom is 0.239 e. The van der Waals surface area contributed by atoms with Gasteiger partial charge in [-0.1, -0.05) is 13.8 Å². The van der Waals surface area contributed by atoms with Crippen molar-refractivity contribution >= 4 is 11.8 Å². The highest BCUT2D eigenvalue weighted by molar-refractivity contribution is 5.84. The molecular formula is C13H27N3O2. The molecule has 0 atom stereocenters. The van der Waals surface area contributed by atoms with Crippen LogP contribution in [-0.4, -0.2) is 36.5 Å². The Balaban J connectivity index is 3.62. The Kier molecular flexibility index (Phi) is 7.59. The van der Waals surface area contributed by atoms with E-state index in [4.69, 9.17) is 0 Å². The molecule has 0 unspecified atom stereocenters. The molecule has 0 bridgehead atoms. The fourth-order valence-corrected chi connectivity index (χ4v) is 1.37. The van der Waals surface area contributed by atoms with Gasteiger partial charge in [0, 0.05) is 18.0 Å². The normalized spacial score (nSPS) is 11.4. The molecule has 0 spiro atoms. The summed E-state index contributed by atoms with van der Waals surface area (Å²) in [5.41, 5.74) is -0.261. The molecular weight excluding hydrogens is 230 g/mol. The van der Waals surface area contributed by atoms with Crippen molar-refractivity contribution in [3.63, 3.8) is 0 Å². The van der Waals surface area contributed by atoms with Crippen molar-refractivity contribution in [3.05, 3.63) is 0 Å². The lowest BCUT2D eigenvalue weighted by molar-refractivity contribution is -0.126. The van der Waals surface area contributed by atoms with Gasteiger partial charge in [0.25, 0.3) is 0 Å². The van der Waals surface area contributed by atoms with Gasteiger partial charge in [-0.25, -0.2) is 0 Å². The maximum atomic E-state index is 11.4. The molecule has 0 saturated carbocycles. The molecule has 18 heavy (non-hydrogen) atoms. The second kappa shape index (κ2) is 8.08. The summed E-state index contributed by atoms with van der Waals surface area (Å²) in [7, 11) is 0. The molecule has 3 N–H and O–H groups in total. The molecule has 0 aliphatic carbocycles. The largest absolute Gasteiger partial charge is 0.350 e. The van der Waals surface area contributed by atoms with E-state index in [0.29, 0.717) is 12.5 Å². The fourth-order valence-electron chi connectivity index (χ4n) is 1.37. The molecule has 5 nitrogen and oxygen atoms in total. The molecule has 0 aliphatic rings. The number of hydrogen-bond acceptors (Lipinski definition) is 3. The highest BCUT2D eigenvalue weighted by atomic mass is 16.2. The lowest BCUT2D eigenvalue weighted by atomic mass is 10.1. The minimum Gasteiger partial charge on any atom is -0.350 e. The Morgan fingerprint density at radius 3 is 2.22 bits per heavy atom. The topological polar surface area (TPSA) is 70.2 Å². The van der Waals surface area contributed by atoms with Gasteiger partial charge in [0.1, 0.15) is 0 Å². The second-order valence-corrected chi connectivity index (χ2v) is 5.79. The van der Waals surface area contributed by atoms with Crippen molar-refractivity contribution < 1.29 is 9.59 Å². The van der Waals surface area contributed by atoms with E-state index in [1.54, 1.807) is 0 Å². The van der Waals surface area contributed by atoms with Crippen LogP contribution in [0.4, 0.5) is 0 Å². The van der Waals surface area contributed by atoms with Gasteiger partial charge in [-0.3, -0.25) is 9.59 Å². The van der Waals surface area contributed by atoms with E-state index in [-0.39, 0.29) is 23.9 Å². The molecule has 0 aromatic carbocycles. The Morgan fingerprint density at radius 2 is 1.72 bits per heavy atom. The van der Waals surface area contributed by atoms with Crippen LogP contribution in [0.1, 0.15) is 47.5 Å². The van der Waals surface area contributed by atoms with Gasteiger partial charge in [-0.2, -0.15) is 0 Å². The molecule has 0 aliphatic heterocycles. The van der Waals surface area contributed by atoms with Gasteiger partial charge < -0.3 is 16.0 Å². The Hall–Kier alpha value is -1.10. The van der Waals surface area contributed by atoms with E-state index in [0.717, 1.165) is 13.0 Å². The SMILES string of the molecule is CC(C)NCCCC(=O)NCC(=O)NC(C)(C)C. The minimum atomic E-state index is -0.261. The summed E-state index contributed by atoms with van der Waals surface area (Å²) in [6.07, 6.45) is 1.23. The van der Waals surface area contributed by atoms with Crippen molar-refractivity contribution in [2.75, 3.05) is 13.1 Å². The quantitative estimate of drug-likeness (QED) is 0.591. The van der Waals surface area contributed by atoms with Crippen LogP contribution in [0.5, 0.6) is 0 Å². The van der Waals surface area contributed by atoms with Crippen LogP contribution < -0.4 is 16.0 Å². The Bertz CT molecular complexity index is 270. The summed E-state index contributed by atoms with van der Waals surface area (Å²) in [4.78, 5) is 22.9. The Labute approximate surface area is 110 Å². The maximum absolute atomic E-state index is 11.4. The number of rotatable bonds is 7. The summed E-state index contributed by atoms with van der Waals surface area (Å²) in [5.74, 6) is -0.235. The van der Waals surface area contributed by atoms with Crippen LogP contribution in [0.3, 0.4) is 0 Å². The first-order valence-corrected chi connectivity index (χ1v) is 6.52. The van der Waals surface area contributed by atoms with Crippen LogP contribution in [-0.2, 0) is 9.59 Å². The lowest BCUT2D eigenvalue weighted by Crippen LogP contribution is -2.45. The van der Waals surface area contributed by atoms with Gasteiger partial charge in [0.05, 0.1) is 6.54 Å². The van der Waals surface area contributed by atoms with E-state index >= 15 is 0 Å². The van der Waals surface area contributed by atoms with E-state index in [1.165, 1.54) is 0 Å². The van der Waals surface area contributed by atoms with Crippen LogP contribution in [0.25, 0.3) is 0 Å². The zero-order valence-corrected chi connectivity index (χ0v) is 12.2. The molecule has 0 saturated heterocycles. The average molecular weight is 257 g/mol. The third kappa shape index (κ3) is 11.4. The smallest absolute Gasteiger partial charge is 0.239 e. The number of amides is 2. The first kappa shape index (κ1) is 16.9. The first-order valence-electron chi connectivity index (χ1n) is 6.52. The van der Waals surface area contributed by atoms with E-state index in [1.807, 2.05) is 20.8 Å². The van der Waals surface area contributed by atoms with Gasteiger partial charge in [-0.15, -0.1) is 0 Å². The van der Waals surface area contributed by atoms with Gasteiger partial charge in [0.15, 0.2) is 0 Å². The predicted molar refractivity (Wildman–Crippen MR) is 73.3 cm³/mol. The summed E-state index contributed by atoms with van der Waals surface area (Å²) >= 11 is 0. The zero-order valence-electron chi connectivity index (χ0n) is 12.2. The molecule has 5 heteroatoms. The predicted octanol–water partition coefficient (Wildman–Crippen LogP) is 0.796. The molecule has 0 aromatic rings. The van der Waals surface area contributed by atoms with Crippen LogP contribution >= 0.6 is 0 Å². The standard InChI is InChI=1S/C13H27N3O2/c1-10(2)14-8-6-7-11(17)15-9-12(18)16-13(3,4)5/h10,14H,6-9H2,1-5H3,(H,15,17)(H,16,18). The highest BCUT2D eigenvalue weighted by Gasteiger charge is 2.13. The monoisotopic (exact) mass is 257 g/mol. The third-order valence-electron chi connectivity index (χ3n) is 2.09. The van der Waals surface area contributed by atoms with Gasteiger partial charge in [0.2, 0.25) is 11.8 Å². The zero-order chi connectivity index (χ0) is 14.2. The van der Waals surface area contributed by atoms with Crippen molar-refractivity contribution in [1.29, 1.82) is 0 Å². The van der Waals surface area contributed by atoms with E-state index in [2.05, 4.69) is 29.8 Å². The van der Waals surface area contributed by atoms with Crippen molar-refractivity contribution in [3.8, 4) is 0 Å². The number of nitrogens with one attached hydrogen (secondary N) is 3. The van der Waals surface area contributed by atoms with E-state index in [9.17, 15) is 9.59 Å². The molecule has 106 valence electrons. The summed E-state index contributed by atoms with van der Waals surface area (Å²) in [6.45, 7) is 10.7. The van der Waals surface area contributed by atoms with Gasteiger partial charge >= 0.3 is 0 Å². The van der Waals surface area contributed by atoms with Crippen LogP contribution in [0, 0.1) is 0 Å². The average Bonchev–Trinajstić information content (AvgIpc) is 2.19. The third-order valence-corrected chi connectivity index (χ3v) is 2.09. The Morgan fingerprint density at radius 1 is 1.11 bits per heavy atom. The molecule has 0 rings (SSSR count). The number of carbonyl (C=O) groups is 2. The molecule has 0 radical (unpaired) electrons. The van der Waals surface area contributed by atoms with E-state index < -0.39 is 0 Å². The van der Waals surface area contributed by atoms with Gasteiger partial charge in [-0.05, 0) is 33.7 Å². The number of hydrogen-bond donors (Lipinski definition) is 3. The lowest BCUT2D eigenvalue weighted by Gasteiger charge is -2.20.